The molecule has 1 saturated carbocycles. The highest BCUT2D eigenvalue weighted by Gasteiger charge is 2.23. The summed E-state index contributed by atoms with van der Waals surface area (Å²) in [6.07, 6.45) is 6.03. The fourth-order valence-corrected chi connectivity index (χ4v) is 2.08. The Hall–Kier alpha value is -0.380. The van der Waals surface area contributed by atoms with Gasteiger partial charge in [0.1, 0.15) is 0 Å². The van der Waals surface area contributed by atoms with E-state index in [-0.39, 0.29) is 4.83 Å². The molecule has 1 aromatic heterocycles. The van der Waals surface area contributed by atoms with Gasteiger partial charge in [0.25, 0.3) is 0 Å². The summed E-state index contributed by atoms with van der Waals surface area (Å²) in [7, 11) is 0. The van der Waals surface area contributed by atoms with E-state index in [0.717, 1.165) is 18.1 Å². The van der Waals surface area contributed by atoms with Crippen LogP contribution in [-0.4, -0.2) is 10.1 Å². The van der Waals surface area contributed by atoms with E-state index < -0.39 is 0 Å². The third-order valence-electron chi connectivity index (χ3n) is 2.80. The first-order valence-electron chi connectivity index (χ1n) is 5.28. The second-order valence-corrected chi connectivity index (χ2v) is 4.95. The van der Waals surface area contributed by atoms with Gasteiger partial charge in [-0.1, -0.05) is 40.9 Å². The maximum atomic E-state index is 5.22. The summed E-state index contributed by atoms with van der Waals surface area (Å²) in [4.78, 5) is 4.65. The van der Waals surface area contributed by atoms with Crippen LogP contribution in [0.5, 0.6) is 0 Å². The van der Waals surface area contributed by atoms with Gasteiger partial charge in [0.05, 0.1) is 4.83 Å². The first-order chi connectivity index (χ1) is 6.81. The van der Waals surface area contributed by atoms with E-state index in [2.05, 4.69) is 33.0 Å². The van der Waals surface area contributed by atoms with Crippen molar-refractivity contribution in [2.75, 3.05) is 0 Å². The Labute approximate surface area is 92.4 Å². The first kappa shape index (κ1) is 10.1. The van der Waals surface area contributed by atoms with Gasteiger partial charge in [-0.2, -0.15) is 4.98 Å². The van der Waals surface area contributed by atoms with Crippen LogP contribution in [0.4, 0.5) is 0 Å². The highest BCUT2D eigenvalue weighted by Crippen LogP contribution is 2.33. The molecule has 0 bridgehead atoms. The SMILES string of the molecule is CCC(Br)c1nc(C2CCCC2)no1. The molecule has 0 radical (unpaired) electrons. The Kier molecular flexibility index (Phi) is 3.21. The Bertz CT molecular complexity index is 294. The van der Waals surface area contributed by atoms with E-state index in [1.165, 1.54) is 25.7 Å². The topological polar surface area (TPSA) is 38.9 Å². The molecule has 1 unspecified atom stereocenters. The Morgan fingerprint density at radius 1 is 1.50 bits per heavy atom. The molecule has 0 N–H and O–H groups in total. The van der Waals surface area contributed by atoms with Gasteiger partial charge >= 0.3 is 0 Å². The molecule has 1 heterocycles. The summed E-state index contributed by atoms with van der Waals surface area (Å²) in [6, 6.07) is 0. The van der Waals surface area contributed by atoms with E-state index in [1.807, 2.05) is 0 Å². The van der Waals surface area contributed by atoms with Gasteiger partial charge in [0.15, 0.2) is 5.82 Å². The molecule has 1 aliphatic carbocycles. The van der Waals surface area contributed by atoms with Gasteiger partial charge in [-0.25, -0.2) is 0 Å². The Morgan fingerprint density at radius 2 is 2.21 bits per heavy atom. The van der Waals surface area contributed by atoms with Crippen LogP contribution in [0.25, 0.3) is 0 Å². The van der Waals surface area contributed by atoms with E-state index in [0.29, 0.717) is 5.92 Å². The average molecular weight is 259 g/mol. The van der Waals surface area contributed by atoms with Gasteiger partial charge in [0, 0.05) is 5.92 Å². The summed E-state index contributed by atoms with van der Waals surface area (Å²) in [6.45, 7) is 2.10. The number of rotatable bonds is 3. The van der Waals surface area contributed by atoms with E-state index in [1.54, 1.807) is 0 Å². The van der Waals surface area contributed by atoms with Gasteiger partial charge < -0.3 is 4.52 Å². The van der Waals surface area contributed by atoms with Crippen molar-refractivity contribution in [3.05, 3.63) is 11.7 Å². The van der Waals surface area contributed by atoms with E-state index >= 15 is 0 Å². The molecule has 1 aromatic rings. The maximum Gasteiger partial charge on any atom is 0.240 e. The van der Waals surface area contributed by atoms with Crippen LogP contribution in [0.1, 0.15) is 61.5 Å². The average Bonchev–Trinajstić information content (AvgIpc) is 2.86. The van der Waals surface area contributed by atoms with E-state index in [4.69, 9.17) is 4.52 Å². The van der Waals surface area contributed by atoms with Crippen LogP contribution in [0.15, 0.2) is 4.52 Å². The van der Waals surface area contributed by atoms with Crippen molar-refractivity contribution in [2.45, 2.75) is 49.8 Å². The molecular weight excluding hydrogens is 244 g/mol. The zero-order valence-electron chi connectivity index (χ0n) is 8.37. The molecular formula is C10H15BrN2O. The highest BCUT2D eigenvalue weighted by atomic mass is 79.9. The summed E-state index contributed by atoms with van der Waals surface area (Å²) < 4.78 is 5.22. The summed E-state index contributed by atoms with van der Waals surface area (Å²) in [5.41, 5.74) is 0. The van der Waals surface area contributed by atoms with Gasteiger partial charge in [0.2, 0.25) is 5.89 Å². The monoisotopic (exact) mass is 258 g/mol. The standard InChI is InChI=1S/C10H15BrN2O/c1-2-8(11)10-12-9(13-14-10)7-5-3-4-6-7/h7-8H,2-6H2,1H3. The van der Waals surface area contributed by atoms with Crippen molar-refractivity contribution >= 4 is 15.9 Å². The minimum Gasteiger partial charge on any atom is -0.338 e. The number of hydrogen-bond donors (Lipinski definition) is 0. The summed E-state index contributed by atoms with van der Waals surface area (Å²) in [5, 5.41) is 4.05. The molecule has 0 spiro atoms. The lowest BCUT2D eigenvalue weighted by Gasteiger charge is -2.00. The molecule has 0 amide bonds. The van der Waals surface area contributed by atoms with Crippen LogP contribution in [-0.2, 0) is 0 Å². The smallest absolute Gasteiger partial charge is 0.240 e. The van der Waals surface area contributed by atoms with Crippen LogP contribution in [0.3, 0.4) is 0 Å². The van der Waals surface area contributed by atoms with E-state index in [9.17, 15) is 0 Å². The van der Waals surface area contributed by atoms with Gasteiger partial charge in [-0.3, -0.25) is 0 Å². The molecule has 1 aliphatic rings. The maximum absolute atomic E-state index is 5.22. The third-order valence-corrected chi connectivity index (χ3v) is 3.84. The molecule has 0 aliphatic heterocycles. The van der Waals surface area contributed by atoms with Crippen LogP contribution in [0.2, 0.25) is 0 Å². The quantitative estimate of drug-likeness (QED) is 0.779. The number of hydrogen-bond acceptors (Lipinski definition) is 3. The molecule has 1 atom stereocenters. The molecule has 0 aromatic carbocycles. The predicted molar refractivity (Wildman–Crippen MR) is 57.5 cm³/mol. The molecule has 78 valence electrons. The van der Waals surface area contributed by atoms with Crippen molar-refractivity contribution in [1.29, 1.82) is 0 Å². The molecule has 0 saturated heterocycles. The summed E-state index contributed by atoms with van der Waals surface area (Å²) >= 11 is 3.51. The van der Waals surface area contributed by atoms with Crippen LogP contribution in [0, 0.1) is 0 Å². The molecule has 14 heavy (non-hydrogen) atoms. The van der Waals surface area contributed by atoms with Crippen LogP contribution < -0.4 is 0 Å². The Balaban J connectivity index is 2.08. The zero-order valence-corrected chi connectivity index (χ0v) is 9.96. The highest BCUT2D eigenvalue weighted by molar-refractivity contribution is 9.09. The molecule has 4 heteroatoms. The minimum absolute atomic E-state index is 0.213. The van der Waals surface area contributed by atoms with Crippen molar-refractivity contribution in [3.8, 4) is 0 Å². The Morgan fingerprint density at radius 3 is 2.86 bits per heavy atom. The van der Waals surface area contributed by atoms with Crippen molar-refractivity contribution in [3.63, 3.8) is 0 Å². The largest absolute Gasteiger partial charge is 0.338 e. The molecule has 3 nitrogen and oxygen atoms in total. The van der Waals surface area contributed by atoms with Crippen LogP contribution >= 0.6 is 15.9 Å². The second kappa shape index (κ2) is 4.43. The number of nitrogens with zero attached hydrogens (tertiary/aromatic N) is 2. The zero-order chi connectivity index (χ0) is 9.97. The second-order valence-electron chi connectivity index (χ2n) is 3.85. The lowest BCUT2D eigenvalue weighted by molar-refractivity contribution is 0.368. The van der Waals surface area contributed by atoms with Gasteiger partial charge in [-0.15, -0.1) is 0 Å². The number of alkyl halides is 1. The predicted octanol–water partition coefficient (Wildman–Crippen LogP) is 3.57. The molecule has 2 rings (SSSR count). The number of aromatic nitrogens is 2. The van der Waals surface area contributed by atoms with Crippen molar-refractivity contribution in [2.24, 2.45) is 0 Å². The number of halogens is 1. The minimum atomic E-state index is 0.213. The third kappa shape index (κ3) is 2.00. The fraction of sp³-hybridized carbons (Fsp3) is 0.800. The molecule has 1 fully saturated rings. The fourth-order valence-electron chi connectivity index (χ4n) is 1.90. The van der Waals surface area contributed by atoms with Gasteiger partial charge in [-0.05, 0) is 19.3 Å². The first-order valence-corrected chi connectivity index (χ1v) is 6.20. The lowest BCUT2D eigenvalue weighted by Crippen LogP contribution is -1.95. The van der Waals surface area contributed by atoms with Crippen molar-refractivity contribution < 1.29 is 4.52 Å². The summed E-state index contributed by atoms with van der Waals surface area (Å²) in [5.74, 6) is 2.19. The lowest BCUT2D eigenvalue weighted by atomic mass is 10.1. The normalized spacial score (nSPS) is 20.1. The van der Waals surface area contributed by atoms with Crippen molar-refractivity contribution in [1.82, 2.24) is 10.1 Å².